The number of phosphoric ester groups is 2. The summed E-state index contributed by atoms with van der Waals surface area (Å²) in [4.78, 5) is 73.2. The van der Waals surface area contributed by atoms with Gasteiger partial charge in [-0.05, 0) is 37.5 Å². The molecule has 0 radical (unpaired) electrons. The number of aliphatic hydroxyl groups excluding tert-OH is 1. The number of ether oxygens (including phenoxy) is 4. The van der Waals surface area contributed by atoms with Gasteiger partial charge in [0.15, 0.2) is 12.2 Å². The highest BCUT2D eigenvalue weighted by atomic mass is 31.2. The molecular weight excluding hydrogens is 1350 g/mol. The molecule has 0 heterocycles. The normalized spacial score (nSPS) is 13.8. The number of phosphoric acid groups is 2. The minimum Gasteiger partial charge on any atom is -0.462 e. The molecule has 0 rings (SSSR count). The molecule has 618 valence electrons. The Balaban J connectivity index is 5.26. The SMILES string of the molecule is CCCCCCCCCCCCCCCCCCCCC(=O)O[C@H](COC(=O)CCCCCCCCCCCCCCCCC(C)C)COP(=O)(O)OC[C@@H](O)COP(=O)(O)OC[C@@H](COC(=O)CCCCCCCCCCCCCC)OC(=O)CCCCCCCCCCCCCCCCC(C)C. The van der Waals surface area contributed by atoms with Crippen LogP contribution < -0.4 is 0 Å². The summed E-state index contributed by atoms with van der Waals surface area (Å²) in [6.45, 7) is 9.72. The van der Waals surface area contributed by atoms with Crippen LogP contribution in [0, 0.1) is 11.8 Å². The molecule has 19 heteroatoms. The molecule has 0 amide bonds. The van der Waals surface area contributed by atoms with Gasteiger partial charge in [-0.1, -0.05) is 401 Å². The van der Waals surface area contributed by atoms with Crippen molar-refractivity contribution in [2.24, 2.45) is 11.8 Å². The topological polar surface area (TPSA) is 237 Å². The van der Waals surface area contributed by atoms with Crippen molar-refractivity contribution in [2.75, 3.05) is 39.6 Å². The highest BCUT2D eigenvalue weighted by Gasteiger charge is 2.30. The number of unbranched alkanes of at least 4 members (excludes halogenated alkanes) is 54. The van der Waals surface area contributed by atoms with Crippen LogP contribution in [-0.2, 0) is 65.4 Å². The second-order valence-corrected chi connectivity index (χ2v) is 34.4. The van der Waals surface area contributed by atoms with Gasteiger partial charge in [0.1, 0.15) is 19.3 Å². The van der Waals surface area contributed by atoms with Gasteiger partial charge in [-0.3, -0.25) is 37.3 Å². The zero-order chi connectivity index (χ0) is 76.4. The summed E-state index contributed by atoms with van der Waals surface area (Å²) in [5.41, 5.74) is 0. The predicted molar refractivity (Wildman–Crippen MR) is 428 cm³/mol. The third-order valence-corrected chi connectivity index (χ3v) is 21.9. The van der Waals surface area contributed by atoms with Crippen molar-refractivity contribution in [2.45, 2.75) is 471 Å². The average Bonchev–Trinajstić information content (AvgIpc) is 0.906. The molecule has 5 atom stereocenters. The van der Waals surface area contributed by atoms with Crippen molar-refractivity contribution < 1.29 is 80.2 Å². The molecular formula is C85H166O17P2. The standard InChI is InChI=1S/C85H166O17P2/c1-7-9-11-13-15-17-19-21-22-23-24-25-33-39-45-51-57-63-69-84(89)102-81(74-96-83(88)68-62-56-50-44-38-32-28-26-30-35-41-47-53-59-65-77(3)4)76-100-104(93,94)98-72-79(86)71-97-103(91,92)99-75-80(73-95-82(87)67-61-55-49-43-37-20-18-16-14-12-10-8-2)101-85(90)70-64-58-52-46-40-34-29-27-31-36-42-48-54-60-66-78(5)6/h77-81,86H,7-76H2,1-6H3,(H,91,92)(H,93,94)/t79-,80+,81+/m0/s1. The second-order valence-electron chi connectivity index (χ2n) is 31.5. The Bertz CT molecular complexity index is 1990. The van der Waals surface area contributed by atoms with Crippen molar-refractivity contribution in [3.8, 4) is 0 Å². The highest BCUT2D eigenvalue weighted by molar-refractivity contribution is 7.47. The molecule has 3 N–H and O–H groups in total. The lowest BCUT2D eigenvalue weighted by Crippen LogP contribution is -2.30. The van der Waals surface area contributed by atoms with Crippen molar-refractivity contribution >= 4 is 39.5 Å². The predicted octanol–water partition coefficient (Wildman–Crippen LogP) is 25.8. The molecule has 0 aliphatic carbocycles. The monoisotopic (exact) mass is 1520 g/mol. The van der Waals surface area contributed by atoms with Gasteiger partial charge in [0.05, 0.1) is 26.4 Å². The van der Waals surface area contributed by atoms with E-state index < -0.39 is 97.5 Å². The first-order chi connectivity index (χ1) is 50.4. The summed E-state index contributed by atoms with van der Waals surface area (Å²) in [5, 5.41) is 10.7. The maximum Gasteiger partial charge on any atom is 0.472 e. The van der Waals surface area contributed by atoms with Gasteiger partial charge in [-0.15, -0.1) is 0 Å². The highest BCUT2D eigenvalue weighted by Crippen LogP contribution is 2.45. The molecule has 17 nitrogen and oxygen atoms in total. The third-order valence-electron chi connectivity index (χ3n) is 20.0. The van der Waals surface area contributed by atoms with E-state index in [0.717, 1.165) is 102 Å². The van der Waals surface area contributed by atoms with E-state index in [0.29, 0.717) is 25.7 Å². The second kappa shape index (κ2) is 76.4. The van der Waals surface area contributed by atoms with Crippen LogP contribution in [0.1, 0.15) is 452 Å². The lowest BCUT2D eigenvalue weighted by Gasteiger charge is -2.21. The Labute approximate surface area is 638 Å². The minimum absolute atomic E-state index is 0.108. The van der Waals surface area contributed by atoms with Crippen LogP contribution >= 0.6 is 15.6 Å². The summed E-state index contributed by atoms with van der Waals surface area (Å²) >= 11 is 0. The molecule has 2 unspecified atom stereocenters. The molecule has 0 aliphatic rings. The van der Waals surface area contributed by atoms with Crippen molar-refractivity contribution in [3.63, 3.8) is 0 Å². The summed E-state index contributed by atoms with van der Waals surface area (Å²) < 4.78 is 68.9. The summed E-state index contributed by atoms with van der Waals surface area (Å²) in [5.74, 6) is -0.506. The van der Waals surface area contributed by atoms with Crippen LogP contribution in [0.5, 0.6) is 0 Å². The lowest BCUT2D eigenvalue weighted by atomic mass is 10.0. The average molecular weight is 1520 g/mol. The van der Waals surface area contributed by atoms with Gasteiger partial charge in [-0.2, -0.15) is 0 Å². The smallest absolute Gasteiger partial charge is 0.462 e. The van der Waals surface area contributed by atoms with Crippen LogP contribution in [0.25, 0.3) is 0 Å². The zero-order valence-corrected chi connectivity index (χ0v) is 70.1. The zero-order valence-electron chi connectivity index (χ0n) is 68.3. The number of hydrogen-bond donors (Lipinski definition) is 3. The quantitative estimate of drug-likeness (QED) is 0.0222. The van der Waals surface area contributed by atoms with Crippen LogP contribution in [0.2, 0.25) is 0 Å². The van der Waals surface area contributed by atoms with Crippen LogP contribution in [0.3, 0.4) is 0 Å². The summed E-state index contributed by atoms with van der Waals surface area (Å²) in [6, 6.07) is 0. The van der Waals surface area contributed by atoms with Crippen molar-refractivity contribution in [3.05, 3.63) is 0 Å². The number of carbonyl (C=O) groups is 4. The fourth-order valence-electron chi connectivity index (χ4n) is 13.2. The van der Waals surface area contributed by atoms with E-state index in [1.165, 1.54) is 270 Å². The van der Waals surface area contributed by atoms with Crippen molar-refractivity contribution in [1.29, 1.82) is 0 Å². The molecule has 0 spiro atoms. The lowest BCUT2D eigenvalue weighted by molar-refractivity contribution is -0.161. The van der Waals surface area contributed by atoms with Crippen LogP contribution in [0.15, 0.2) is 0 Å². The van der Waals surface area contributed by atoms with E-state index >= 15 is 0 Å². The van der Waals surface area contributed by atoms with E-state index in [1.54, 1.807) is 0 Å². The molecule has 0 aliphatic heterocycles. The maximum absolute atomic E-state index is 13.1. The Morgan fingerprint density at radius 2 is 0.442 bits per heavy atom. The van der Waals surface area contributed by atoms with E-state index in [2.05, 4.69) is 41.5 Å². The van der Waals surface area contributed by atoms with Gasteiger partial charge >= 0.3 is 39.5 Å². The molecule has 0 aromatic heterocycles. The summed E-state index contributed by atoms with van der Waals surface area (Å²) in [6.07, 6.45) is 67.9. The fourth-order valence-corrected chi connectivity index (χ4v) is 14.8. The van der Waals surface area contributed by atoms with Gasteiger partial charge in [-0.25, -0.2) is 9.13 Å². The number of hydrogen-bond acceptors (Lipinski definition) is 15. The number of carbonyl (C=O) groups excluding carboxylic acids is 4. The van der Waals surface area contributed by atoms with Crippen LogP contribution in [0.4, 0.5) is 0 Å². The van der Waals surface area contributed by atoms with Gasteiger partial charge in [0, 0.05) is 25.7 Å². The number of rotatable bonds is 84. The molecule has 104 heavy (non-hydrogen) atoms. The first-order valence-corrected chi connectivity index (χ1v) is 47.0. The third kappa shape index (κ3) is 78.2. The van der Waals surface area contributed by atoms with Crippen LogP contribution in [-0.4, -0.2) is 96.7 Å². The Morgan fingerprint density at radius 3 is 0.654 bits per heavy atom. The molecule has 0 saturated heterocycles. The number of aliphatic hydroxyl groups is 1. The molecule has 0 saturated carbocycles. The Morgan fingerprint density at radius 1 is 0.260 bits per heavy atom. The molecule has 0 aromatic rings. The van der Waals surface area contributed by atoms with Gasteiger partial charge in [0.2, 0.25) is 0 Å². The van der Waals surface area contributed by atoms with Gasteiger partial charge < -0.3 is 33.8 Å². The summed E-state index contributed by atoms with van der Waals surface area (Å²) in [7, 11) is -9.93. The first kappa shape index (κ1) is 102. The van der Waals surface area contributed by atoms with E-state index in [1.807, 2.05) is 0 Å². The van der Waals surface area contributed by atoms with Crippen molar-refractivity contribution in [1.82, 2.24) is 0 Å². The molecule has 0 bridgehead atoms. The van der Waals surface area contributed by atoms with E-state index in [4.69, 9.17) is 37.0 Å². The minimum atomic E-state index is -4.96. The van der Waals surface area contributed by atoms with E-state index in [9.17, 15) is 43.2 Å². The maximum atomic E-state index is 13.1. The fraction of sp³-hybridized carbons (Fsp3) is 0.953. The van der Waals surface area contributed by atoms with Gasteiger partial charge in [0.25, 0.3) is 0 Å². The Kier molecular flexibility index (Phi) is 75.0. The molecule has 0 aromatic carbocycles. The largest absolute Gasteiger partial charge is 0.472 e. The molecule has 0 fully saturated rings. The van der Waals surface area contributed by atoms with E-state index in [-0.39, 0.29) is 25.7 Å². The first-order valence-electron chi connectivity index (χ1n) is 44.0. The number of esters is 4. The Hall–Kier alpha value is -1.94.